The van der Waals surface area contributed by atoms with Crippen LogP contribution in [0.3, 0.4) is 0 Å². The fourth-order valence-electron chi connectivity index (χ4n) is 3.62. The first kappa shape index (κ1) is 19.5. The van der Waals surface area contributed by atoms with E-state index in [0.717, 1.165) is 12.1 Å². The summed E-state index contributed by atoms with van der Waals surface area (Å²) in [5.74, 6) is 1.43. The van der Waals surface area contributed by atoms with E-state index in [1.54, 1.807) is 23.2 Å². The normalized spacial score (nSPS) is 20.7. The molecule has 0 N–H and O–H groups in total. The summed E-state index contributed by atoms with van der Waals surface area (Å²) in [6.07, 6.45) is 2.84. The molecule has 1 spiro atoms. The van der Waals surface area contributed by atoms with Crippen LogP contribution in [0.15, 0.2) is 24.3 Å². The second-order valence-corrected chi connectivity index (χ2v) is 10.2. The van der Waals surface area contributed by atoms with E-state index in [-0.39, 0.29) is 16.5 Å². The second kappa shape index (κ2) is 7.78. The minimum atomic E-state index is -3.20. The largest absolute Gasteiger partial charge is 0.497 e. The molecule has 0 aliphatic carbocycles. The average Bonchev–Trinajstić information content (AvgIpc) is 2.96. The summed E-state index contributed by atoms with van der Waals surface area (Å²) in [5, 5.41) is 0. The number of methoxy groups -OCH3 is 1. The number of carbonyl (C=O) groups excluding carboxylic acids is 1. The molecule has 0 saturated carbocycles. The molecule has 0 unspecified atom stereocenters. The zero-order valence-corrected chi connectivity index (χ0v) is 16.9. The van der Waals surface area contributed by atoms with Gasteiger partial charge in [-0.15, -0.1) is 11.8 Å². The molecule has 0 aromatic heterocycles. The Balaban J connectivity index is 1.79. The molecule has 1 aromatic carbocycles. The number of hydrogen-bond acceptors (Lipinski definition) is 5. The van der Waals surface area contributed by atoms with E-state index >= 15 is 0 Å². The number of piperidine rings is 1. The second-order valence-electron chi connectivity index (χ2n) is 6.73. The summed E-state index contributed by atoms with van der Waals surface area (Å²) in [7, 11) is -1.59. The maximum absolute atomic E-state index is 12.6. The van der Waals surface area contributed by atoms with Crippen LogP contribution in [0.5, 0.6) is 5.75 Å². The zero-order valence-electron chi connectivity index (χ0n) is 15.3. The van der Waals surface area contributed by atoms with E-state index in [2.05, 4.69) is 0 Å². The number of sulfonamides is 1. The number of carbonyl (C=O) groups is 1. The molecule has 0 atom stereocenters. The number of benzene rings is 1. The van der Waals surface area contributed by atoms with E-state index in [1.807, 2.05) is 36.1 Å². The number of amides is 1. The lowest BCUT2D eigenvalue weighted by molar-refractivity contribution is -0.116. The van der Waals surface area contributed by atoms with Crippen molar-refractivity contribution in [3.63, 3.8) is 0 Å². The molecule has 0 radical (unpaired) electrons. The van der Waals surface area contributed by atoms with Gasteiger partial charge in [0.15, 0.2) is 0 Å². The molecular formula is C18H26N2O4S2. The van der Waals surface area contributed by atoms with Gasteiger partial charge in [0.1, 0.15) is 5.75 Å². The number of nitrogens with zero attached hydrogens (tertiary/aromatic N) is 2. The Bertz CT molecular complexity index is 758. The number of anilines is 1. The van der Waals surface area contributed by atoms with Gasteiger partial charge in [0, 0.05) is 24.8 Å². The van der Waals surface area contributed by atoms with Crippen LogP contribution in [-0.2, 0) is 14.8 Å². The third-order valence-corrected chi connectivity index (χ3v) is 8.56. The molecule has 3 rings (SSSR count). The van der Waals surface area contributed by atoms with Gasteiger partial charge in [-0.2, -0.15) is 0 Å². The molecule has 2 heterocycles. The van der Waals surface area contributed by atoms with E-state index in [9.17, 15) is 13.2 Å². The first-order valence-electron chi connectivity index (χ1n) is 9.01. The highest BCUT2D eigenvalue weighted by molar-refractivity contribution is 8.02. The molecule has 1 amide bonds. The van der Waals surface area contributed by atoms with Crippen molar-refractivity contribution in [3.8, 4) is 5.75 Å². The lowest BCUT2D eigenvalue weighted by Crippen LogP contribution is -2.53. The third kappa shape index (κ3) is 3.73. The molecular weight excluding hydrogens is 372 g/mol. The number of thioether (sulfide) groups is 1. The van der Waals surface area contributed by atoms with Crippen molar-refractivity contribution in [1.82, 2.24) is 4.31 Å². The Morgan fingerprint density at radius 1 is 1.27 bits per heavy atom. The lowest BCUT2D eigenvalue weighted by atomic mass is 10.0. The minimum Gasteiger partial charge on any atom is -0.497 e. The van der Waals surface area contributed by atoms with Gasteiger partial charge in [0.2, 0.25) is 15.9 Å². The Morgan fingerprint density at radius 3 is 2.65 bits per heavy atom. The molecule has 2 fully saturated rings. The Kier molecular flexibility index (Phi) is 5.84. The first-order valence-corrected chi connectivity index (χ1v) is 11.6. The van der Waals surface area contributed by atoms with Crippen LogP contribution < -0.4 is 9.64 Å². The van der Waals surface area contributed by atoms with Crippen LogP contribution in [0.25, 0.3) is 0 Å². The van der Waals surface area contributed by atoms with E-state index < -0.39 is 10.0 Å². The maximum Gasteiger partial charge on any atom is 0.238 e. The van der Waals surface area contributed by atoms with Crippen LogP contribution in [0.1, 0.15) is 32.6 Å². The molecule has 2 saturated heterocycles. The first-order chi connectivity index (χ1) is 12.4. The fourth-order valence-corrected chi connectivity index (χ4v) is 6.60. The van der Waals surface area contributed by atoms with Gasteiger partial charge in [-0.1, -0.05) is 19.4 Å². The van der Waals surface area contributed by atoms with Crippen molar-refractivity contribution in [2.24, 2.45) is 0 Å². The average molecular weight is 399 g/mol. The molecule has 26 heavy (non-hydrogen) atoms. The van der Waals surface area contributed by atoms with Crippen molar-refractivity contribution in [2.45, 2.75) is 37.5 Å². The van der Waals surface area contributed by atoms with Crippen LogP contribution in [0.4, 0.5) is 5.69 Å². The van der Waals surface area contributed by atoms with Gasteiger partial charge in [-0.05, 0) is 31.4 Å². The van der Waals surface area contributed by atoms with Crippen LogP contribution in [0, 0.1) is 0 Å². The van der Waals surface area contributed by atoms with Crippen molar-refractivity contribution in [2.75, 3.05) is 36.6 Å². The molecule has 2 aliphatic heterocycles. The highest BCUT2D eigenvalue weighted by Gasteiger charge is 2.49. The van der Waals surface area contributed by atoms with Crippen molar-refractivity contribution in [3.05, 3.63) is 24.3 Å². The van der Waals surface area contributed by atoms with E-state index in [4.69, 9.17) is 4.74 Å². The number of hydrogen-bond donors (Lipinski definition) is 0. The predicted octanol–water partition coefficient (Wildman–Crippen LogP) is 2.70. The fraction of sp³-hybridized carbons (Fsp3) is 0.611. The van der Waals surface area contributed by atoms with E-state index in [0.29, 0.717) is 43.9 Å². The molecule has 1 aromatic rings. The molecule has 144 valence electrons. The smallest absolute Gasteiger partial charge is 0.238 e. The Hall–Kier alpha value is -1.25. The highest BCUT2D eigenvalue weighted by atomic mass is 32.2. The minimum absolute atomic E-state index is 0.0746. The quantitative estimate of drug-likeness (QED) is 0.737. The summed E-state index contributed by atoms with van der Waals surface area (Å²) in [6.45, 7) is 2.92. The predicted molar refractivity (Wildman–Crippen MR) is 105 cm³/mol. The summed E-state index contributed by atoms with van der Waals surface area (Å²) in [4.78, 5) is 14.1. The lowest BCUT2D eigenvalue weighted by Gasteiger charge is -2.43. The Labute approximate surface area is 159 Å². The number of rotatable bonds is 6. The summed E-state index contributed by atoms with van der Waals surface area (Å²) >= 11 is 1.63. The van der Waals surface area contributed by atoms with Gasteiger partial charge in [-0.3, -0.25) is 9.69 Å². The number of ether oxygens (including phenoxy) is 1. The molecule has 6 nitrogen and oxygen atoms in total. The summed E-state index contributed by atoms with van der Waals surface area (Å²) < 4.78 is 31.8. The SMILES string of the molecule is CCCCS(=O)(=O)N1CCC2(CC1)SCC(=O)N2c1cccc(OC)c1. The highest BCUT2D eigenvalue weighted by Crippen LogP contribution is 2.47. The van der Waals surface area contributed by atoms with Crippen LogP contribution in [-0.4, -0.2) is 55.2 Å². The Morgan fingerprint density at radius 2 is 2.00 bits per heavy atom. The van der Waals surface area contributed by atoms with E-state index in [1.165, 1.54) is 0 Å². The zero-order chi connectivity index (χ0) is 18.8. The molecule has 2 aliphatic rings. The van der Waals surface area contributed by atoms with Crippen molar-refractivity contribution in [1.29, 1.82) is 0 Å². The summed E-state index contributed by atoms with van der Waals surface area (Å²) in [5.41, 5.74) is 0.821. The van der Waals surface area contributed by atoms with Gasteiger partial charge in [0.25, 0.3) is 0 Å². The standard InChI is InChI=1S/C18H26N2O4S2/c1-3-4-12-26(22,23)19-10-8-18(9-11-19)20(17(21)14-25-18)15-6-5-7-16(13-15)24-2/h5-7,13H,3-4,8-12,14H2,1-2H3. The van der Waals surface area contributed by atoms with Gasteiger partial charge in [-0.25, -0.2) is 12.7 Å². The van der Waals surface area contributed by atoms with Crippen LogP contribution >= 0.6 is 11.8 Å². The van der Waals surface area contributed by atoms with Gasteiger partial charge in [0.05, 0.1) is 23.5 Å². The van der Waals surface area contributed by atoms with Crippen molar-refractivity contribution >= 4 is 33.4 Å². The number of unbranched alkanes of at least 4 members (excludes halogenated alkanes) is 1. The molecule has 8 heteroatoms. The third-order valence-electron chi connectivity index (χ3n) is 5.09. The van der Waals surface area contributed by atoms with Crippen molar-refractivity contribution < 1.29 is 17.9 Å². The maximum atomic E-state index is 12.6. The van der Waals surface area contributed by atoms with Crippen LogP contribution in [0.2, 0.25) is 0 Å². The summed E-state index contributed by atoms with van der Waals surface area (Å²) in [6, 6.07) is 7.52. The van der Waals surface area contributed by atoms with Gasteiger partial charge < -0.3 is 4.74 Å². The monoisotopic (exact) mass is 398 g/mol. The molecule has 0 bridgehead atoms. The van der Waals surface area contributed by atoms with Gasteiger partial charge >= 0.3 is 0 Å². The topological polar surface area (TPSA) is 66.9 Å².